The van der Waals surface area contributed by atoms with Crippen molar-refractivity contribution in [3.63, 3.8) is 0 Å². The number of esters is 1. The second-order valence-corrected chi connectivity index (χ2v) is 5.68. The minimum Gasteiger partial charge on any atom is -0.451 e. The highest BCUT2D eigenvalue weighted by Gasteiger charge is 2.31. The first-order valence-corrected chi connectivity index (χ1v) is 8.10. The smallest absolute Gasteiger partial charge is 0.332 e. The maximum absolute atomic E-state index is 12.6. The van der Waals surface area contributed by atoms with Gasteiger partial charge in [-0.3, -0.25) is 9.63 Å². The summed E-state index contributed by atoms with van der Waals surface area (Å²) in [5.41, 5.74) is 1.72. The van der Waals surface area contributed by atoms with E-state index in [0.29, 0.717) is 0 Å². The van der Waals surface area contributed by atoms with Crippen LogP contribution in [0.5, 0.6) is 0 Å². The van der Waals surface area contributed by atoms with Crippen molar-refractivity contribution >= 4 is 11.9 Å². The molecule has 128 valence electrons. The highest BCUT2D eigenvalue weighted by Crippen LogP contribution is 2.27. The Balaban J connectivity index is 1.82. The van der Waals surface area contributed by atoms with E-state index in [1.165, 1.54) is 6.08 Å². The van der Waals surface area contributed by atoms with Crippen molar-refractivity contribution in [1.82, 2.24) is 5.06 Å². The fourth-order valence-corrected chi connectivity index (χ4v) is 2.61. The van der Waals surface area contributed by atoms with Crippen LogP contribution in [0.2, 0.25) is 0 Å². The van der Waals surface area contributed by atoms with Crippen LogP contribution in [0.25, 0.3) is 0 Å². The molecule has 3 rings (SSSR count). The molecule has 0 saturated heterocycles. The zero-order valence-electron chi connectivity index (χ0n) is 13.9. The molecular formula is C20H19NO4. The standard InChI is InChI=1S/C20H19NO4/c1-15(21-18(22)13-8-14-24-21)20(23)25-19(16-9-4-2-5-10-16)17-11-6-3-7-12-17/h2-13,15,19H,14H2,1H3/t15-/m1/s1. The molecule has 0 N–H and O–H groups in total. The van der Waals surface area contributed by atoms with Gasteiger partial charge in [0.2, 0.25) is 0 Å². The predicted molar refractivity (Wildman–Crippen MR) is 92.2 cm³/mol. The largest absolute Gasteiger partial charge is 0.451 e. The molecule has 2 aromatic carbocycles. The topological polar surface area (TPSA) is 55.8 Å². The van der Waals surface area contributed by atoms with Crippen LogP contribution in [-0.2, 0) is 19.2 Å². The van der Waals surface area contributed by atoms with Crippen molar-refractivity contribution in [1.29, 1.82) is 0 Å². The summed E-state index contributed by atoms with van der Waals surface area (Å²) in [7, 11) is 0. The average Bonchev–Trinajstić information content (AvgIpc) is 2.67. The van der Waals surface area contributed by atoms with Crippen LogP contribution in [0.15, 0.2) is 72.8 Å². The van der Waals surface area contributed by atoms with Gasteiger partial charge in [-0.2, -0.15) is 0 Å². The molecule has 1 heterocycles. The van der Waals surface area contributed by atoms with Crippen molar-refractivity contribution in [3.05, 3.63) is 83.9 Å². The van der Waals surface area contributed by atoms with Crippen molar-refractivity contribution in [2.75, 3.05) is 6.61 Å². The van der Waals surface area contributed by atoms with Gasteiger partial charge in [-0.15, -0.1) is 0 Å². The molecule has 1 aliphatic heterocycles. The zero-order chi connectivity index (χ0) is 17.6. The third-order valence-electron chi connectivity index (χ3n) is 3.92. The molecule has 2 aromatic rings. The van der Waals surface area contributed by atoms with Crippen LogP contribution in [0.3, 0.4) is 0 Å². The lowest BCUT2D eigenvalue weighted by atomic mass is 10.0. The first kappa shape index (κ1) is 16.9. The Morgan fingerprint density at radius 1 is 1.04 bits per heavy atom. The van der Waals surface area contributed by atoms with E-state index in [0.717, 1.165) is 16.2 Å². The summed E-state index contributed by atoms with van der Waals surface area (Å²) in [6.45, 7) is 1.84. The van der Waals surface area contributed by atoms with Gasteiger partial charge < -0.3 is 4.74 Å². The summed E-state index contributed by atoms with van der Waals surface area (Å²) in [6.07, 6.45) is 2.44. The minimum atomic E-state index is -0.840. The second-order valence-electron chi connectivity index (χ2n) is 5.68. The molecule has 0 radical (unpaired) electrons. The molecule has 0 fully saturated rings. The number of nitrogens with zero attached hydrogens (tertiary/aromatic N) is 1. The Morgan fingerprint density at radius 3 is 2.12 bits per heavy atom. The van der Waals surface area contributed by atoms with E-state index >= 15 is 0 Å². The van der Waals surface area contributed by atoms with Gasteiger partial charge in [0.25, 0.3) is 5.91 Å². The number of carbonyl (C=O) groups excluding carboxylic acids is 2. The molecule has 5 heteroatoms. The summed E-state index contributed by atoms with van der Waals surface area (Å²) in [4.78, 5) is 29.8. The van der Waals surface area contributed by atoms with Crippen LogP contribution in [0.4, 0.5) is 0 Å². The Hall–Kier alpha value is -2.92. The van der Waals surface area contributed by atoms with E-state index in [4.69, 9.17) is 9.57 Å². The fraction of sp³-hybridized carbons (Fsp3) is 0.200. The summed E-state index contributed by atoms with van der Waals surface area (Å²) < 4.78 is 5.75. The molecule has 0 saturated carbocycles. The molecule has 0 aliphatic carbocycles. The molecule has 0 aromatic heterocycles. The van der Waals surface area contributed by atoms with Crippen molar-refractivity contribution in [2.24, 2.45) is 0 Å². The maximum atomic E-state index is 12.6. The summed E-state index contributed by atoms with van der Waals surface area (Å²) in [5.74, 6) is -0.895. The van der Waals surface area contributed by atoms with E-state index in [1.807, 2.05) is 60.7 Å². The number of hydroxylamine groups is 2. The normalized spacial score (nSPS) is 15.3. The van der Waals surface area contributed by atoms with Gasteiger partial charge in [-0.1, -0.05) is 66.7 Å². The Kier molecular flexibility index (Phi) is 5.26. The van der Waals surface area contributed by atoms with Crippen molar-refractivity contribution < 1.29 is 19.2 Å². The van der Waals surface area contributed by atoms with Gasteiger partial charge in [0.05, 0.1) is 6.61 Å². The molecule has 25 heavy (non-hydrogen) atoms. The van der Waals surface area contributed by atoms with E-state index in [9.17, 15) is 9.59 Å². The van der Waals surface area contributed by atoms with Gasteiger partial charge in [0.1, 0.15) is 0 Å². The highest BCUT2D eigenvalue weighted by atomic mass is 16.7. The third-order valence-corrected chi connectivity index (χ3v) is 3.92. The quantitative estimate of drug-likeness (QED) is 0.787. The highest BCUT2D eigenvalue weighted by molar-refractivity contribution is 5.91. The van der Waals surface area contributed by atoms with Crippen molar-refractivity contribution in [2.45, 2.75) is 19.1 Å². The number of carbonyl (C=O) groups is 2. The first-order chi connectivity index (χ1) is 12.2. The molecule has 0 unspecified atom stereocenters. The predicted octanol–water partition coefficient (Wildman–Crippen LogP) is 3.04. The third kappa shape index (κ3) is 3.95. The van der Waals surface area contributed by atoms with E-state index in [2.05, 4.69) is 0 Å². The lowest BCUT2D eigenvalue weighted by Crippen LogP contribution is -2.45. The Morgan fingerprint density at radius 2 is 1.60 bits per heavy atom. The molecule has 1 aliphatic rings. The molecular weight excluding hydrogens is 318 g/mol. The zero-order valence-corrected chi connectivity index (χ0v) is 13.9. The fourth-order valence-electron chi connectivity index (χ4n) is 2.61. The minimum absolute atomic E-state index is 0.254. The summed E-state index contributed by atoms with van der Waals surface area (Å²) in [6, 6.07) is 18.2. The molecule has 1 atom stereocenters. The second kappa shape index (κ2) is 7.77. The molecule has 0 spiro atoms. The van der Waals surface area contributed by atoms with Gasteiger partial charge in [-0.05, 0) is 18.1 Å². The van der Waals surface area contributed by atoms with Crippen LogP contribution in [0.1, 0.15) is 24.2 Å². The van der Waals surface area contributed by atoms with Crippen LogP contribution >= 0.6 is 0 Å². The molecule has 1 amide bonds. The van der Waals surface area contributed by atoms with Gasteiger partial charge in [-0.25, -0.2) is 9.86 Å². The number of rotatable bonds is 5. The Labute approximate surface area is 146 Å². The van der Waals surface area contributed by atoms with E-state index in [-0.39, 0.29) is 12.5 Å². The lowest BCUT2D eigenvalue weighted by Gasteiger charge is -2.29. The summed E-state index contributed by atoms with van der Waals surface area (Å²) >= 11 is 0. The van der Waals surface area contributed by atoms with Crippen LogP contribution in [0, 0.1) is 0 Å². The van der Waals surface area contributed by atoms with Gasteiger partial charge >= 0.3 is 5.97 Å². The SMILES string of the molecule is C[C@H](C(=O)OC(c1ccccc1)c1ccccc1)N1OCC=CC1=O. The van der Waals surface area contributed by atoms with Gasteiger partial charge in [0.15, 0.2) is 12.1 Å². The van der Waals surface area contributed by atoms with E-state index < -0.39 is 18.1 Å². The number of ether oxygens (including phenoxy) is 1. The number of amides is 1. The first-order valence-electron chi connectivity index (χ1n) is 8.10. The monoisotopic (exact) mass is 337 g/mol. The van der Waals surface area contributed by atoms with E-state index in [1.54, 1.807) is 13.0 Å². The Bertz CT molecular complexity index is 718. The average molecular weight is 337 g/mol. The molecule has 0 bridgehead atoms. The van der Waals surface area contributed by atoms with Crippen LogP contribution in [-0.4, -0.2) is 29.6 Å². The molecule has 5 nitrogen and oxygen atoms in total. The number of hydrogen-bond donors (Lipinski definition) is 0. The van der Waals surface area contributed by atoms with Gasteiger partial charge in [0, 0.05) is 6.08 Å². The van der Waals surface area contributed by atoms with Crippen LogP contribution < -0.4 is 0 Å². The lowest BCUT2D eigenvalue weighted by molar-refractivity contribution is -0.202. The van der Waals surface area contributed by atoms with Crippen molar-refractivity contribution in [3.8, 4) is 0 Å². The summed E-state index contributed by atoms with van der Waals surface area (Å²) in [5, 5.41) is 1.05. The number of hydrogen-bond acceptors (Lipinski definition) is 4. The maximum Gasteiger partial charge on any atom is 0.332 e. The number of benzene rings is 2.